The van der Waals surface area contributed by atoms with E-state index in [-0.39, 0.29) is 18.3 Å². The predicted molar refractivity (Wildman–Crippen MR) is 158 cm³/mol. The highest BCUT2D eigenvalue weighted by molar-refractivity contribution is 5.85. The van der Waals surface area contributed by atoms with Gasteiger partial charge in [0.25, 0.3) is 11.0 Å². The second-order valence-corrected chi connectivity index (χ2v) is 10.1. The summed E-state index contributed by atoms with van der Waals surface area (Å²) >= 11 is 0. The third-order valence-electron chi connectivity index (χ3n) is 6.41. The van der Waals surface area contributed by atoms with Gasteiger partial charge in [0.15, 0.2) is 6.61 Å². The molecule has 0 saturated heterocycles. The number of benzene rings is 2. The van der Waals surface area contributed by atoms with Gasteiger partial charge in [-0.2, -0.15) is 8.78 Å². The molecule has 1 unspecified atom stereocenters. The zero-order valence-electron chi connectivity index (χ0n) is 24.6. The van der Waals surface area contributed by atoms with Gasteiger partial charge in [-0.3, -0.25) is 4.79 Å². The average molecular weight is 603 g/mol. The monoisotopic (exact) mass is 602 g/mol. The number of nitrogens with zero attached hydrogens (tertiary/aromatic N) is 1. The molecule has 3 rings (SSSR count). The Bertz CT molecular complexity index is 1180. The minimum absolute atomic E-state index is 0.180. The third-order valence-corrected chi connectivity index (χ3v) is 6.41. The molecule has 0 aromatic heterocycles. The second-order valence-electron chi connectivity index (χ2n) is 10.1. The molecule has 0 spiro atoms. The number of alkyl halides is 2. The number of halogens is 2. The molecule has 1 fully saturated rings. The topological polar surface area (TPSA) is 117 Å². The van der Waals surface area contributed by atoms with Crippen molar-refractivity contribution in [3.63, 3.8) is 0 Å². The van der Waals surface area contributed by atoms with Gasteiger partial charge >= 0.3 is 5.97 Å². The number of hydrogen-bond acceptors (Lipinski definition) is 7. The van der Waals surface area contributed by atoms with E-state index in [4.69, 9.17) is 9.47 Å². The first-order valence-corrected chi connectivity index (χ1v) is 14.3. The lowest BCUT2D eigenvalue weighted by Gasteiger charge is -2.14. The van der Waals surface area contributed by atoms with Gasteiger partial charge in [0.05, 0.1) is 0 Å². The highest BCUT2D eigenvalue weighted by Gasteiger charge is 2.27. The molecule has 0 bridgehead atoms. The first kappa shape index (κ1) is 34.9. The van der Waals surface area contributed by atoms with Crippen molar-refractivity contribution in [1.29, 1.82) is 0 Å². The molecule has 1 amide bonds. The van der Waals surface area contributed by atoms with Gasteiger partial charge < -0.3 is 19.6 Å². The van der Waals surface area contributed by atoms with E-state index in [9.17, 15) is 28.5 Å². The van der Waals surface area contributed by atoms with Crippen LogP contribution in [0.1, 0.15) is 64.4 Å². The Labute approximate surface area is 251 Å². The maximum atomic E-state index is 13.6. The van der Waals surface area contributed by atoms with E-state index in [1.807, 2.05) is 25.1 Å². The maximum absolute atomic E-state index is 13.6. The Morgan fingerprint density at radius 1 is 1.09 bits per heavy atom. The van der Waals surface area contributed by atoms with E-state index in [1.165, 1.54) is 12.1 Å². The molecule has 1 saturated carbocycles. The number of ether oxygens (including phenoxy) is 2. The molecule has 1 N–H and O–H groups in total. The van der Waals surface area contributed by atoms with Crippen LogP contribution in [0.5, 0.6) is 11.5 Å². The predicted octanol–water partition coefficient (Wildman–Crippen LogP) is 7.00. The van der Waals surface area contributed by atoms with Crippen LogP contribution in [0.25, 0.3) is 0 Å². The van der Waals surface area contributed by atoms with Crippen LogP contribution in [0.2, 0.25) is 0 Å². The molecule has 2 aromatic carbocycles. The Morgan fingerprint density at radius 2 is 1.77 bits per heavy atom. The van der Waals surface area contributed by atoms with Crippen molar-refractivity contribution in [3.05, 3.63) is 94.6 Å². The quantitative estimate of drug-likeness (QED) is 0.0583. The number of esters is 1. The van der Waals surface area contributed by atoms with Crippen LogP contribution >= 0.6 is 0 Å². The van der Waals surface area contributed by atoms with E-state index in [1.54, 1.807) is 49.4 Å². The molecule has 0 aliphatic heterocycles. The number of amides is 1. The number of carbonyl (C=O) groups excluding carboxylic acids is 2. The molecule has 43 heavy (non-hydrogen) atoms. The smallest absolute Gasteiger partial charge is 0.333 e. The van der Waals surface area contributed by atoms with E-state index >= 15 is 0 Å². The van der Waals surface area contributed by atoms with Crippen LogP contribution in [0.3, 0.4) is 0 Å². The number of para-hydroxylation sites is 1. The summed E-state index contributed by atoms with van der Waals surface area (Å²) < 4.78 is 37.3. The minimum atomic E-state index is -2.89. The number of rotatable bonds is 15. The number of allylic oxidation sites excluding steroid dienone is 3. The summed E-state index contributed by atoms with van der Waals surface area (Å²) in [6.07, 6.45) is 12.8. The summed E-state index contributed by atoms with van der Waals surface area (Å²) in [4.78, 5) is 38.1. The van der Waals surface area contributed by atoms with Gasteiger partial charge in [-0.1, -0.05) is 61.4 Å². The molecule has 9 nitrogen and oxygen atoms in total. The van der Waals surface area contributed by atoms with Crippen LogP contribution in [0, 0.1) is 16.0 Å². The summed E-state index contributed by atoms with van der Waals surface area (Å²) in [5, 5.41) is 11.8. The minimum Gasteiger partial charge on any atom is -0.487 e. The standard InChI is InChI=1S/C17H22N2O6.C15H18F2O/c1-3-4-5-6-7-16(20)18-13(2)17(21)25-15-10-8-14(9-11-15)12-24-19(22)23;16-15(17,11-10-13-6-4-5-7-13)12-18-14-8-2-1-3-9-14/h3-4,8-11,13H,5-7,12H2,1-2H3,(H,18,20);1-3,8-11,13H,4-7,12H2/b4-3-;11-10+. The SMILES string of the molecule is C/C=C\CCCC(=O)NC(C)C(=O)Oc1ccc(CO[N+](=O)[O-])cc1.FC(F)(/C=C/C1CCCC1)COc1ccccc1. The molecule has 234 valence electrons. The van der Waals surface area contributed by atoms with E-state index in [2.05, 4.69) is 10.2 Å². The lowest BCUT2D eigenvalue weighted by atomic mass is 10.1. The van der Waals surface area contributed by atoms with Crippen molar-refractivity contribution in [2.24, 2.45) is 5.92 Å². The molecule has 2 aromatic rings. The van der Waals surface area contributed by atoms with Crippen molar-refractivity contribution in [1.82, 2.24) is 5.32 Å². The van der Waals surface area contributed by atoms with Gasteiger partial charge in [0.1, 0.15) is 24.1 Å². The summed E-state index contributed by atoms with van der Waals surface area (Å²) in [6, 6.07) is 14.0. The first-order valence-electron chi connectivity index (χ1n) is 14.3. The zero-order chi connectivity index (χ0) is 31.5. The first-order chi connectivity index (χ1) is 20.6. The highest BCUT2D eigenvalue weighted by atomic mass is 19.3. The van der Waals surface area contributed by atoms with E-state index in [0.717, 1.165) is 38.2 Å². The zero-order valence-corrected chi connectivity index (χ0v) is 24.6. The molecule has 0 radical (unpaired) electrons. The van der Waals surface area contributed by atoms with Crippen molar-refractivity contribution in [2.45, 2.75) is 77.4 Å². The van der Waals surface area contributed by atoms with Gasteiger partial charge in [0.2, 0.25) is 5.91 Å². The van der Waals surface area contributed by atoms with Crippen LogP contribution in [0.4, 0.5) is 8.78 Å². The number of unbranched alkanes of at least 4 members (excludes halogenated alkanes) is 1. The molecular weight excluding hydrogens is 562 g/mol. The number of hydrogen-bond donors (Lipinski definition) is 1. The lowest BCUT2D eigenvalue weighted by molar-refractivity contribution is -0.763. The molecule has 11 heteroatoms. The average Bonchev–Trinajstić information content (AvgIpc) is 3.52. The summed E-state index contributed by atoms with van der Waals surface area (Å²) in [7, 11) is 0. The lowest BCUT2D eigenvalue weighted by Crippen LogP contribution is -2.40. The summed E-state index contributed by atoms with van der Waals surface area (Å²) in [6.45, 7) is 2.69. The largest absolute Gasteiger partial charge is 0.487 e. The summed E-state index contributed by atoms with van der Waals surface area (Å²) in [5.74, 6) is -2.60. The fourth-order valence-electron chi connectivity index (χ4n) is 4.08. The van der Waals surface area contributed by atoms with Crippen LogP contribution < -0.4 is 14.8 Å². The van der Waals surface area contributed by atoms with E-state index < -0.39 is 29.6 Å². The van der Waals surface area contributed by atoms with Crippen molar-refractivity contribution in [2.75, 3.05) is 6.61 Å². The van der Waals surface area contributed by atoms with Gasteiger partial charge in [-0.15, -0.1) is 10.1 Å². The number of nitrogens with one attached hydrogen (secondary N) is 1. The van der Waals surface area contributed by atoms with Crippen molar-refractivity contribution < 1.29 is 37.8 Å². The molecule has 1 aliphatic rings. The second kappa shape index (κ2) is 19.0. The number of carbonyl (C=O) groups is 2. The van der Waals surface area contributed by atoms with Crippen LogP contribution in [-0.2, 0) is 21.0 Å². The van der Waals surface area contributed by atoms with Crippen LogP contribution in [-0.4, -0.2) is 35.5 Å². The molecule has 1 aliphatic carbocycles. The van der Waals surface area contributed by atoms with Gasteiger partial charge in [0, 0.05) is 6.42 Å². The normalized spacial score (nSPS) is 14.1. The molecule has 1 atom stereocenters. The van der Waals surface area contributed by atoms with Crippen molar-refractivity contribution >= 4 is 11.9 Å². The molecule has 0 heterocycles. The Hall–Kier alpha value is -4.28. The fraction of sp³-hybridized carbons (Fsp3) is 0.438. The van der Waals surface area contributed by atoms with Crippen LogP contribution in [0.15, 0.2) is 78.9 Å². The Morgan fingerprint density at radius 3 is 2.40 bits per heavy atom. The third kappa shape index (κ3) is 15.5. The Balaban J connectivity index is 0.000000315. The highest BCUT2D eigenvalue weighted by Crippen LogP contribution is 2.28. The summed E-state index contributed by atoms with van der Waals surface area (Å²) in [5.41, 5.74) is 0.568. The maximum Gasteiger partial charge on any atom is 0.333 e. The van der Waals surface area contributed by atoms with Gasteiger partial charge in [-0.25, -0.2) is 4.79 Å². The fourth-order valence-corrected chi connectivity index (χ4v) is 4.08. The van der Waals surface area contributed by atoms with Gasteiger partial charge in [-0.05, 0) is 81.4 Å². The Kier molecular flexibility index (Phi) is 15.4. The van der Waals surface area contributed by atoms with Crippen molar-refractivity contribution in [3.8, 4) is 11.5 Å². The molecular formula is C32H40F2N2O7. The van der Waals surface area contributed by atoms with E-state index in [0.29, 0.717) is 30.1 Å².